The van der Waals surface area contributed by atoms with Crippen molar-refractivity contribution in [1.29, 1.82) is 0 Å². The molecule has 0 bridgehead atoms. The molecule has 0 unspecified atom stereocenters. The predicted molar refractivity (Wildman–Crippen MR) is 65.9 cm³/mol. The number of aryl methyl sites for hydroxylation is 2. The van der Waals surface area contributed by atoms with Gasteiger partial charge in [-0.25, -0.2) is 13.1 Å². The Hall–Kier alpha value is -1.13. The number of sulfonamides is 1. The van der Waals surface area contributed by atoms with Gasteiger partial charge in [-0.3, -0.25) is 0 Å². The lowest BCUT2D eigenvalue weighted by molar-refractivity contribution is 0.584. The van der Waals surface area contributed by atoms with Crippen molar-refractivity contribution in [3.63, 3.8) is 0 Å². The summed E-state index contributed by atoms with van der Waals surface area (Å²) in [4.78, 5) is 0.333. The van der Waals surface area contributed by atoms with Crippen LogP contribution in [0.2, 0.25) is 0 Å². The minimum atomic E-state index is -3.41. The second-order valence-corrected chi connectivity index (χ2v) is 5.79. The first-order valence-corrected chi connectivity index (χ1v) is 6.52. The summed E-state index contributed by atoms with van der Waals surface area (Å²) < 4.78 is 26.3. The van der Waals surface area contributed by atoms with E-state index in [1.165, 1.54) is 0 Å². The lowest BCUT2D eigenvalue weighted by atomic mass is 10.2. The zero-order valence-corrected chi connectivity index (χ0v) is 10.7. The van der Waals surface area contributed by atoms with Gasteiger partial charge in [0.15, 0.2) is 0 Å². The van der Waals surface area contributed by atoms with Crippen LogP contribution in [0, 0.1) is 13.8 Å². The third kappa shape index (κ3) is 3.18. The molecule has 1 N–H and O–H groups in total. The quantitative estimate of drug-likeness (QED) is 0.818. The molecule has 0 saturated heterocycles. The topological polar surface area (TPSA) is 46.2 Å². The summed E-state index contributed by atoms with van der Waals surface area (Å²) in [7, 11) is -3.41. The molecule has 88 valence electrons. The van der Waals surface area contributed by atoms with E-state index in [4.69, 9.17) is 0 Å². The maximum atomic E-state index is 11.9. The van der Waals surface area contributed by atoms with E-state index < -0.39 is 10.0 Å². The van der Waals surface area contributed by atoms with Gasteiger partial charge in [0.2, 0.25) is 10.0 Å². The van der Waals surface area contributed by atoms with E-state index in [0.717, 1.165) is 16.7 Å². The average Bonchev–Trinajstić information content (AvgIpc) is 2.14. The Kier molecular flexibility index (Phi) is 3.88. The highest BCUT2D eigenvalue weighted by Crippen LogP contribution is 2.16. The summed E-state index contributed by atoms with van der Waals surface area (Å²) in [5.74, 6) is 0. The van der Waals surface area contributed by atoms with Crippen molar-refractivity contribution in [3.8, 4) is 0 Å². The number of hydrogen-bond donors (Lipinski definition) is 1. The fourth-order valence-electron chi connectivity index (χ4n) is 1.40. The van der Waals surface area contributed by atoms with Gasteiger partial charge in [-0.1, -0.05) is 29.8 Å². The smallest absolute Gasteiger partial charge is 0.207 e. The molecule has 0 aromatic heterocycles. The van der Waals surface area contributed by atoms with Crippen molar-refractivity contribution in [2.45, 2.75) is 25.7 Å². The van der Waals surface area contributed by atoms with Crippen LogP contribution in [0.15, 0.2) is 35.2 Å². The number of benzene rings is 1. The molecule has 0 amide bonds. The molecular weight excluding hydrogens is 222 g/mol. The van der Waals surface area contributed by atoms with Gasteiger partial charge >= 0.3 is 0 Å². The second kappa shape index (κ2) is 4.80. The minimum absolute atomic E-state index is 0.273. The zero-order valence-electron chi connectivity index (χ0n) is 9.87. The van der Waals surface area contributed by atoms with Crippen molar-refractivity contribution < 1.29 is 8.42 Å². The first kappa shape index (κ1) is 12.9. The summed E-state index contributed by atoms with van der Waals surface area (Å²) in [6, 6.07) is 5.28. The van der Waals surface area contributed by atoms with Crippen LogP contribution >= 0.6 is 0 Å². The highest BCUT2D eigenvalue weighted by Gasteiger charge is 2.15. The first-order valence-electron chi connectivity index (χ1n) is 5.04. The summed E-state index contributed by atoms with van der Waals surface area (Å²) in [6.45, 7) is 9.45. The van der Waals surface area contributed by atoms with Gasteiger partial charge in [0, 0.05) is 6.54 Å². The van der Waals surface area contributed by atoms with Crippen LogP contribution in [0.1, 0.15) is 18.1 Å². The molecule has 0 aliphatic rings. The molecule has 4 heteroatoms. The highest BCUT2D eigenvalue weighted by molar-refractivity contribution is 7.89. The molecule has 0 radical (unpaired) electrons. The standard InChI is InChI=1S/C12H17NO2S/c1-9(2)8-13-16(14,15)12-6-5-10(3)7-11(12)4/h5-7,13H,1,8H2,2-4H3. The first-order chi connectivity index (χ1) is 7.33. The Bertz CT molecular complexity index is 504. The molecular formula is C12H17NO2S. The molecule has 0 fully saturated rings. The van der Waals surface area contributed by atoms with Crippen LogP contribution in [-0.2, 0) is 10.0 Å². The largest absolute Gasteiger partial charge is 0.241 e. The Morgan fingerprint density at radius 1 is 1.38 bits per heavy atom. The molecule has 0 aliphatic carbocycles. The third-order valence-corrected chi connectivity index (χ3v) is 3.75. The monoisotopic (exact) mass is 239 g/mol. The Labute approximate surface area is 97.2 Å². The average molecular weight is 239 g/mol. The van der Waals surface area contributed by atoms with E-state index in [1.807, 2.05) is 13.0 Å². The fourth-order valence-corrected chi connectivity index (χ4v) is 2.72. The molecule has 0 spiro atoms. The van der Waals surface area contributed by atoms with Crippen molar-refractivity contribution in [3.05, 3.63) is 41.5 Å². The molecule has 1 aromatic rings. The summed E-state index contributed by atoms with van der Waals surface area (Å²) in [5, 5.41) is 0. The van der Waals surface area contributed by atoms with Gasteiger partial charge < -0.3 is 0 Å². The van der Waals surface area contributed by atoms with Gasteiger partial charge in [-0.05, 0) is 32.4 Å². The molecule has 16 heavy (non-hydrogen) atoms. The molecule has 0 aliphatic heterocycles. The van der Waals surface area contributed by atoms with E-state index in [-0.39, 0.29) is 6.54 Å². The number of nitrogens with one attached hydrogen (secondary N) is 1. The van der Waals surface area contributed by atoms with Crippen LogP contribution < -0.4 is 4.72 Å². The van der Waals surface area contributed by atoms with Crippen molar-refractivity contribution in [2.24, 2.45) is 0 Å². The normalized spacial score (nSPS) is 11.4. The highest BCUT2D eigenvalue weighted by atomic mass is 32.2. The minimum Gasteiger partial charge on any atom is -0.207 e. The summed E-state index contributed by atoms with van der Waals surface area (Å²) in [5.41, 5.74) is 2.60. The van der Waals surface area contributed by atoms with E-state index >= 15 is 0 Å². The van der Waals surface area contributed by atoms with Crippen molar-refractivity contribution >= 4 is 10.0 Å². The van der Waals surface area contributed by atoms with Gasteiger partial charge in [-0.2, -0.15) is 0 Å². The van der Waals surface area contributed by atoms with Crippen LogP contribution in [0.3, 0.4) is 0 Å². The molecule has 0 atom stereocenters. The van der Waals surface area contributed by atoms with Gasteiger partial charge in [0.25, 0.3) is 0 Å². The van der Waals surface area contributed by atoms with Crippen molar-refractivity contribution in [1.82, 2.24) is 4.72 Å². The molecule has 3 nitrogen and oxygen atoms in total. The lowest BCUT2D eigenvalue weighted by Gasteiger charge is -2.09. The van der Waals surface area contributed by atoms with Crippen LogP contribution in [0.25, 0.3) is 0 Å². The van der Waals surface area contributed by atoms with Crippen molar-refractivity contribution in [2.75, 3.05) is 6.54 Å². The maximum Gasteiger partial charge on any atom is 0.241 e. The van der Waals surface area contributed by atoms with E-state index in [1.54, 1.807) is 26.0 Å². The third-order valence-electron chi connectivity index (χ3n) is 2.18. The van der Waals surface area contributed by atoms with Gasteiger partial charge in [0.05, 0.1) is 4.90 Å². The van der Waals surface area contributed by atoms with Gasteiger partial charge in [0.1, 0.15) is 0 Å². The Balaban J connectivity index is 3.03. The fraction of sp³-hybridized carbons (Fsp3) is 0.333. The summed E-state index contributed by atoms with van der Waals surface area (Å²) >= 11 is 0. The Morgan fingerprint density at radius 3 is 2.50 bits per heavy atom. The molecule has 0 saturated carbocycles. The van der Waals surface area contributed by atoms with Gasteiger partial charge in [-0.15, -0.1) is 0 Å². The maximum absolute atomic E-state index is 11.9. The molecule has 1 rings (SSSR count). The van der Waals surface area contributed by atoms with E-state index in [2.05, 4.69) is 11.3 Å². The van der Waals surface area contributed by atoms with Crippen LogP contribution in [0.4, 0.5) is 0 Å². The SMILES string of the molecule is C=C(C)CNS(=O)(=O)c1ccc(C)cc1C. The van der Waals surface area contributed by atoms with E-state index in [0.29, 0.717) is 4.90 Å². The molecule has 1 aromatic carbocycles. The van der Waals surface area contributed by atoms with E-state index in [9.17, 15) is 8.42 Å². The van der Waals surface area contributed by atoms with Crippen LogP contribution in [0.5, 0.6) is 0 Å². The predicted octanol–water partition coefficient (Wildman–Crippen LogP) is 2.16. The number of hydrogen-bond acceptors (Lipinski definition) is 2. The van der Waals surface area contributed by atoms with Crippen LogP contribution in [-0.4, -0.2) is 15.0 Å². The Morgan fingerprint density at radius 2 is 2.00 bits per heavy atom. The second-order valence-electron chi connectivity index (χ2n) is 4.05. The molecule has 0 heterocycles. The number of rotatable bonds is 4. The zero-order chi connectivity index (χ0) is 12.3. The summed E-state index contributed by atoms with van der Waals surface area (Å²) in [6.07, 6.45) is 0. The lowest BCUT2D eigenvalue weighted by Crippen LogP contribution is -2.25.